The molecular weight excluding hydrogens is 186 g/mol. The lowest BCUT2D eigenvalue weighted by Gasteiger charge is -2.35. The van der Waals surface area contributed by atoms with Gasteiger partial charge in [0.05, 0.1) is 0 Å². The second kappa shape index (κ2) is 4.38. The van der Waals surface area contributed by atoms with E-state index in [-0.39, 0.29) is 0 Å². The van der Waals surface area contributed by atoms with Gasteiger partial charge in [-0.15, -0.1) is 0 Å². The number of allylic oxidation sites excluding steroid dienone is 2. The maximum absolute atomic E-state index is 11.2. The first kappa shape index (κ1) is 10.7. The third-order valence-electron chi connectivity index (χ3n) is 3.84. The molecule has 0 spiro atoms. The van der Waals surface area contributed by atoms with Crippen LogP contribution in [0.3, 0.4) is 0 Å². The number of nitrogens with zero attached hydrogens (tertiary/aromatic N) is 1. The third kappa shape index (κ3) is 2.42. The zero-order valence-electron chi connectivity index (χ0n) is 9.83. The molecule has 1 fully saturated rings. The second-order valence-corrected chi connectivity index (χ2v) is 5.17. The van der Waals surface area contributed by atoms with Crippen molar-refractivity contribution in [3.8, 4) is 0 Å². The van der Waals surface area contributed by atoms with Crippen molar-refractivity contribution in [3.05, 3.63) is 11.8 Å². The molecule has 15 heavy (non-hydrogen) atoms. The van der Waals surface area contributed by atoms with Gasteiger partial charge in [0.15, 0.2) is 5.78 Å². The zero-order valence-corrected chi connectivity index (χ0v) is 9.83. The summed E-state index contributed by atoms with van der Waals surface area (Å²) in [7, 11) is 0. The van der Waals surface area contributed by atoms with Crippen LogP contribution < -0.4 is 0 Å². The van der Waals surface area contributed by atoms with Crippen molar-refractivity contribution in [1.82, 2.24) is 4.90 Å². The molecule has 1 aliphatic heterocycles. The summed E-state index contributed by atoms with van der Waals surface area (Å²) in [4.78, 5) is 13.6. The molecule has 0 aromatic heterocycles. The van der Waals surface area contributed by atoms with Gasteiger partial charge in [-0.25, -0.2) is 0 Å². The van der Waals surface area contributed by atoms with Crippen LogP contribution in [0.5, 0.6) is 0 Å². The smallest absolute Gasteiger partial charge is 0.157 e. The fourth-order valence-electron chi connectivity index (χ4n) is 2.68. The van der Waals surface area contributed by atoms with Gasteiger partial charge in [0.2, 0.25) is 0 Å². The van der Waals surface area contributed by atoms with E-state index in [2.05, 4.69) is 18.7 Å². The molecule has 0 atom stereocenters. The number of carbonyl (C=O) groups excluding carboxylic acids is 1. The molecule has 0 aromatic rings. The molecule has 0 aromatic carbocycles. The van der Waals surface area contributed by atoms with Crippen LogP contribution in [0.25, 0.3) is 0 Å². The number of ketones is 1. The first-order chi connectivity index (χ1) is 7.16. The summed E-state index contributed by atoms with van der Waals surface area (Å²) < 4.78 is 0. The van der Waals surface area contributed by atoms with E-state index in [0.29, 0.717) is 5.78 Å². The highest BCUT2D eigenvalue weighted by Gasteiger charge is 2.24. The standard InChI is InChI=1S/C13H21NO/c1-10(2)11-5-7-14(8-6-11)12-3-4-13(15)9-12/h9-11H,3-8H2,1-2H3. The summed E-state index contributed by atoms with van der Waals surface area (Å²) in [6, 6.07) is 0. The number of likely N-dealkylation sites (tertiary alicyclic amines) is 1. The van der Waals surface area contributed by atoms with Crippen LogP contribution in [0, 0.1) is 11.8 Å². The zero-order chi connectivity index (χ0) is 10.8. The van der Waals surface area contributed by atoms with E-state index in [9.17, 15) is 4.79 Å². The molecule has 0 amide bonds. The molecule has 0 unspecified atom stereocenters. The SMILES string of the molecule is CC(C)C1CCN(C2=CC(=O)CC2)CC1. The van der Waals surface area contributed by atoms with E-state index >= 15 is 0 Å². The molecule has 2 nitrogen and oxygen atoms in total. The van der Waals surface area contributed by atoms with Gasteiger partial charge in [-0.2, -0.15) is 0 Å². The minimum absolute atomic E-state index is 0.316. The van der Waals surface area contributed by atoms with Gasteiger partial charge in [-0.05, 0) is 31.1 Å². The van der Waals surface area contributed by atoms with E-state index in [1.54, 1.807) is 0 Å². The van der Waals surface area contributed by atoms with E-state index in [4.69, 9.17) is 0 Å². The third-order valence-corrected chi connectivity index (χ3v) is 3.84. The van der Waals surface area contributed by atoms with Crippen molar-refractivity contribution >= 4 is 5.78 Å². The van der Waals surface area contributed by atoms with E-state index < -0.39 is 0 Å². The highest BCUT2D eigenvalue weighted by Crippen LogP contribution is 2.29. The Morgan fingerprint density at radius 1 is 1.27 bits per heavy atom. The van der Waals surface area contributed by atoms with Gasteiger partial charge in [0, 0.05) is 31.3 Å². The van der Waals surface area contributed by atoms with Crippen LogP contribution >= 0.6 is 0 Å². The number of rotatable bonds is 2. The van der Waals surface area contributed by atoms with E-state index in [1.807, 2.05) is 6.08 Å². The van der Waals surface area contributed by atoms with E-state index in [1.165, 1.54) is 18.5 Å². The lowest BCUT2D eigenvalue weighted by molar-refractivity contribution is -0.114. The van der Waals surface area contributed by atoms with Gasteiger partial charge in [-0.3, -0.25) is 4.79 Å². The van der Waals surface area contributed by atoms with Gasteiger partial charge >= 0.3 is 0 Å². The van der Waals surface area contributed by atoms with E-state index in [0.717, 1.165) is 37.8 Å². The Bertz CT molecular complexity index is 272. The van der Waals surface area contributed by atoms with Crippen molar-refractivity contribution in [2.45, 2.75) is 39.5 Å². The van der Waals surface area contributed by atoms with Crippen molar-refractivity contribution < 1.29 is 4.79 Å². The average Bonchev–Trinajstić information content (AvgIpc) is 2.65. The monoisotopic (exact) mass is 207 g/mol. The fourth-order valence-corrected chi connectivity index (χ4v) is 2.68. The summed E-state index contributed by atoms with van der Waals surface area (Å²) in [6.07, 6.45) is 6.16. The molecule has 1 heterocycles. The molecule has 0 radical (unpaired) electrons. The molecule has 0 N–H and O–H groups in total. The fraction of sp³-hybridized carbons (Fsp3) is 0.769. The molecular formula is C13H21NO. The Hall–Kier alpha value is -0.790. The second-order valence-electron chi connectivity index (χ2n) is 5.17. The predicted octanol–water partition coefficient (Wildman–Crippen LogP) is 2.60. The number of piperidine rings is 1. The Morgan fingerprint density at radius 2 is 1.93 bits per heavy atom. The largest absolute Gasteiger partial charge is 0.375 e. The topological polar surface area (TPSA) is 20.3 Å². The van der Waals surface area contributed by atoms with Crippen molar-refractivity contribution in [3.63, 3.8) is 0 Å². The van der Waals surface area contributed by atoms with Gasteiger partial charge in [0.1, 0.15) is 0 Å². The highest BCUT2D eigenvalue weighted by atomic mass is 16.1. The minimum atomic E-state index is 0.316. The average molecular weight is 207 g/mol. The van der Waals surface area contributed by atoms with Crippen LogP contribution in [0.1, 0.15) is 39.5 Å². The number of carbonyl (C=O) groups is 1. The van der Waals surface area contributed by atoms with Gasteiger partial charge in [0.25, 0.3) is 0 Å². The lowest BCUT2D eigenvalue weighted by Crippen LogP contribution is -2.34. The number of hydrogen-bond donors (Lipinski definition) is 0. The first-order valence-electron chi connectivity index (χ1n) is 6.15. The molecule has 0 bridgehead atoms. The van der Waals surface area contributed by atoms with Crippen LogP contribution in [0.4, 0.5) is 0 Å². The summed E-state index contributed by atoms with van der Waals surface area (Å²) >= 11 is 0. The first-order valence-corrected chi connectivity index (χ1v) is 6.15. The molecule has 2 aliphatic rings. The number of hydrogen-bond acceptors (Lipinski definition) is 2. The molecule has 1 saturated heterocycles. The Kier molecular flexibility index (Phi) is 3.13. The summed E-state index contributed by atoms with van der Waals surface area (Å²) in [6.45, 7) is 6.95. The van der Waals surface area contributed by atoms with Crippen molar-refractivity contribution in [2.24, 2.45) is 11.8 Å². The maximum atomic E-state index is 11.2. The summed E-state index contributed by atoms with van der Waals surface area (Å²) in [5.41, 5.74) is 1.29. The summed E-state index contributed by atoms with van der Waals surface area (Å²) in [5.74, 6) is 2.02. The van der Waals surface area contributed by atoms with Crippen molar-refractivity contribution in [1.29, 1.82) is 0 Å². The van der Waals surface area contributed by atoms with Crippen LogP contribution in [-0.4, -0.2) is 23.8 Å². The Balaban J connectivity index is 1.88. The predicted molar refractivity (Wildman–Crippen MR) is 61.5 cm³/mol. The molecule has 1 aliphatic carbocycles. The normalized spacial score (nSPS) is 23.8. The Morgan fingerprint density at radius 3 is 2.40 bits per heavy atom. The molecule has 84 valence electrons. The van der Waals surface area contributed by atoms with Gasteiger partial charge in [-0.1, -0.05) is 13.8 Å². The molecule has 0 saturated carbocycles. The van der Waals surface area contributed by atoms with Crippen LogP contribution in [0.15, 0.2) is 11.8 Å². The summed E-state index contributed by atoms with van der Waals surface area (Å²) in [5, 5.41) is 0. The van der Waals surface area contributed by atoms with Crippen LogP contribution in [-0.2, 0) is 4.79 Å². The molecule has 2 heteroatoms. The van der Waals surface area contributed by atoms with Crippen molar-refractivity contribution in [2.75, 3.05) is 13.1 Å². The Labute approximate surface area is 92.3 Å². The van der Waals surface area contributed by atoms with Crippen LogP contribution in [0.2, 0.25) is 0 Å². The van der Waals surface area contributed by atoms with Gasteiger partial charge < -0.3 is 4.90 Å². The maximum Gasteiger partial charge on any atom is 0.157 e. The quantitative estimate of drug-likeness (QED) is 0.693. The highest BCUT2D eigenvalue weighted by molar-refractivity contribution is 5.92. The molecule has 2 rings (SSSR count). The lowest BCUT2D eigenvalue weighted by atomic mass is 9.86. The minimum Gasteiger partial charge on any atom is -0.375 e.